The summed E-state index contributed by atoms with van der Waals surface area (Å²) in [4.78, 5) is 37.9. The molecule has 4 heterocycles. The van der Waals surface area contributed by atoms with Crippen LogP contribution in [0.1, 0.15) is 40.5 Å². The maximum Gasteiger partial charge on any atom is 0.344 e. The van der Waals surface area contributed by atoms with Crippen LogP contribution in [0.15, 0.2) is 11.1 Å². The largest absolute Gasteiger partial charge is 0.459 e. The number of ether oxygens (including phenoxy) is 4. The lowest BCUT2D eigenvalue weighted by Crippen LogP contribution is -2.58. The molecule has 0 aromatic carbocycles. The van der Waals surface area contributed by atoms with Crippen molar-refractivity contribution >= 4 is 17.9 Å². The zero-order valence-corrected chi connectivity index (χ0v) is 16.1. The highest BCUT2D eigenvalue weighted by molar-refractivity contribution is 6.00. The number of fused-ring (bicyclic) bond motifs is 1. The highest BCUT2D eigenvalue weighted by Gasteiger charge is 2.96. The molecule has 0 amide bonds. The summed E-state index contributed by atoms with van der Waals surface area (Å²) in [6.07, 6.45) is -2.87. The summed E-state index contributed by atoms with van der Waals surface area (Å²) in [7, 11) is 0. The van der Waals surface area contributed by atoms with Crippen LogP contribution in [0, 0.1) is 22.2 Å². The summed E-state index contributed by atoms with van der Waals surface area (Å²) in [5.41, 5.74) is -3.18. The van der Waals surface area contributed by atoms with Crippen molar-refractivity contribution in [3.8, 4) is 0 Å². The Morgan fingerprint density at radius 2 is 1.82 bits per heavy atom. The summed E-state index contributed by atoms with van der Waals surface area (Å²) in [6, 6.07) is 0. The SMILES string of the molecule is CC1=C2C(CC34C5C[C@@H](C(C)(C)C)C36[C@@H](OC(=O)[C@@H]6O)O[C@@]24C(=O)O5)OC1=O. The van der Waals surface area contributed by atoms with Gasteiger partial charge in [-0.3, -0.25) is 0 Å². The maximum absolute atomic E-state index is 13.2. The second-order valence-corrected chi connectivity index (χ2v) is 10.1. The van der Waals surface area contributed by atoms with Gasteiger partial charge in [0.05, 0.1) is 10.8 Å². The normalized spacial score (nSPS) is 53.0. The van der Waals surface area contributed by atoms with Crippen molar-refractivity contribution in [1.82, 2.24) is 0 Å². The van der Waals surface area contributed by atoms with Gasteiger partial charge in [-0.2, -0.15) is 0 Å². The van der Waals surface area contributed by atoms with Gasteiger partial charge >= 0.3 is 17.9 Å². The molecule has 0 bridgehead atoms. The number of esters is 3. The van der Waals surface area contributed by atoms with Crippen molar-refractivity contribution in [1.29, 1.82) is 0 Å². The zero-order valence-electron chi connectivity index (χ0n) is 16.1. The Morgan fingerprint density at radius 3 is 2.50 bits per heavy atom. The number of hydrogen-bond donors (Lipinski definition) is 1. The van der Waals surface area contributed by atoms with E-state index in [2.05, 4.69) is 0 Å². The van der Waals surface area contributed by atoms with Crippen LogP contribution in [0.5, 0.6) is 0 Å². The first kappa shape index (κ1) is 17.0. The highest BCUT2D eigenvalue weighted by Crippen LogP contribution is 2.83. The minimum absolute atomic E-state index is 0.193. The van der Waals surface area contributed by atoms with Crippen molar-refractivity contribution in [3.63, 3.8) is 0 Å². The van der Waals surface area contributed by atoms with E-state index in [0.717, 1.165) is 0 Å². The summed E-state index contributed by atoms with van der Waals surface area (Å²) in [5, 5.41) is 11.2. The lowest BCUT2D eigenvalue weighted by atomic mass is 9.52. The van der Waals surface area contributed by atoms with Crippen molar-refractivity contribution in [2.75, 3.05) is 0 Å². The molecule has 4 unspecified atom stereocenters. The van der Waals surface area contributed by atoms with Crippen LogP contribution in [0.3, 0.4) is 0 Å². The van der Waals surface area contributed by atoms with Gasteiger partial charge in [0.25, 0.3) is 0 Å². The fourth-order valence-corrected chi connectivity index (χ4v) is 7.60. The fraction of sp³-hybridized carbons (Fsp3) is 0.750. The minimum atomic E-state index is -1.55. The average Bonchev–Trinajstić information content (AvgIpc) is 3.30. The van der Waals surface area contributed by atoms with Gasteiger partial charge in [-0.25, -0.2) is 14.4 Å². The van der Waals surface area contributed by atoms with E-state index in [1.807, 2.05) is 20.8 Å². The molecule has 4 aliphatic heterocycles. The van der Waals surface area contributed by atoms with Gasteiger partial charge in [0.1, 0.15) is 12.2 Å². The molecule has 6 aliphatic rings. The Bertz CT molecular complexity index is 914. The molecule has 8 nitrogen and oxygen atoms in total. The number of aliphatic hydroxyl groups is 1. The molecule has 0 aromatic rings. The number of aliphatic hydroxyl groups excluding tert-OH is 1. The molecule has 2 saturated carbocycles. The molecule has 28 heavy (non-hydrogen) atoms. The minimum Gasteiger partial charge on any atom is -0.459 e. The standard InChI is InChI=1S/C20H22O8/c1-7-11-8(25-13(7)22)6-18-10-5-9(17(2,3)4)19(18)12(21)14(23)27-16(19)28-20(11,18)15(24)26-10/h8-10,12,16,21H,5-6H2,1-4H3/t8?,9-,10?,12-,16-,18?,19?,20+/m0/s1. The van der Waals surface area contributed by atoms with E-state index in [1.54, 1.807) is 6.92 Å². The molecule has 150 valence electrons. The fourth-order valence-electron chi connectivity index (χ4n) is 7.60. The van der Waals surface area contributed by atoms with Crippen LogP contribution >= 0.6 is 0 Å². The Hall–Kier alpha value is -1.93. The van der Waals surface area contributed by atoms with Crippen molar-refractivity contribution in [2.45, 2.75) is 70.7 Å². The second kappa shape index (κ2) is 4.31. The van der Waals surface area contributed by atoms with Crippen LogP contribution < -0.4 is 0 Å². The van der Waals surface area contributed by atoms with Crippen molar-refractivity contribution in [2.24, 2.45) is 22.2 Å². The molecule has 2 spiro atoms. The van der Waals surface area contributed by atoms with E-state index in [1.165, 1.54) is 0 Å². The van der Waals surface area contributed by atoms with Crippen LogP contribution in [0.4, 0.5) is 0 Å². The lowest BCUT2D eigenvalue weighted by molar-refractivity contribution is -0.191. The van der Waals surface area contributed by atoms with E-state index in [0.29, 0.717) is 17.6 Å². The summed E-state index contributed by atoms with van der Waals surface area (Å²) in [5.74, 6) is -1.97. The van der Waals surface area contributed by atoms with Gasteiger partial charge < -0.3 is 24.1 Å². The van der Waals surface area contributed by atoms with E-state index in [4.69, 9.17) is 18.9 Å². The predicted molar refractivity (Wildman–Crippen MR) is 89.2 cm³/mol. The third-order valence-electron chi connectivity index (χ3n) is 8.30. The van der Waals surface area contributed by atoms with Crippen LogP contribution in [-0.4, -0.2) is 53.2 Å². The first-order valence-electron chi connectivity index (χ1n) is 9.73. The number of carbonyl (C=O) groups is 3. The average molecular weight is 390 g/mol. The highest BCUT2D eigenvalue weighted by atomic mass is 16.7. The molecular weight excluding hydrogens is 368 g/mol. The van der Waals surface area contributed by atoms with Gasteiger partial charge in [-0.05, 0) is 24.7 Å². The quantitative estimate of drug-likeness (QED) is 0.473. The summed E-state index contributed by atoms with van der Waals surface area (Å²) >= 11 is 0. The van der Waals surface area contributed by atoms with Crippen molar-refractivity contribution < 1.29 is 38.4 Å². The van der Waals surface area contributed by atoms with Crippen molar-refractivity contribution in [3.05, 3.63) is 11.1 Å². The Labute approximate surface area is 161 Å². The van der Waals surface area contributed by atoms with Gasteiger partial charge in [0.15, 0.2) is 6.10 Å². The Kier molecular flexibility index (Phi) is 2.61. The molecule has 0 radical (unpaired) electrons. The zero-order chi connectivity index (χ0) is 20.0. The van der Waals surface area contributed by atoms with E-state index >= 15 is 0 Å². The van der Waals surface area contributed by atoms with Gasteiger partial charge in [0, 0.05) is 17.6 Å². The van der Waals surface area contributed by atoms with Crippen LogP contribution in [-0.2, 0) is 33.3 Å². The van der Waals surface area contributed by atoms with Gasteiger partial charge in [-0.1, -0.05) is 20.8 Å². The second-order valence-electron chi connectivity index (χ2n) is 10.1. The molecule has 6 rings (SSSR count). The third-order valence-corrected chi connectivity index (χ3v) is 8.30. The topological polar surface area (TPSA) is 108 Å². The van der Waals surface area contributed by atoms with E-state index in [9.17, 15) is 19.5 Å². The third kappa shape index (κ3) is 1.28. The van der Waals surface area contributed by atoms with E-state index < -0.39 is 58.9 Å². The Morgan fingerprint density at radius 1 is 1.11 bits per heavy atom. The number of carbonyl (C=O) groups excluding carboxylic acids is 3. The number of rotatable bonds is 0. The lowest BCUT2D eigenvalue weighted by Gasteiger charge is -2.45. The maximum atomic E-state index is 13.2. The predicted octanol–water partition coefficient (Wildman–Crippen LogP) is 0.609. The first-order chi connectivity index (χ1) is 13.0. The molecular formula is C20H22O8. The Balaban J connectivity index is 1.70. The van der Waals surface area contributed by atoms with Crippen LogP contribution in [0.25, 0.3) is 0 Å². The molecule has 3 saturated heterocycles. The monoisotopic (exact) mass is 390 g/mol. The smallest absolute Gasteiger partial charge is 0.344 e. The molecule has 2 aliphatic carbocycles. The molecule has 0 aromatic heterocycles. The molecule has 8 atom stereocenters. The summed E-state index contributed by atoms with van der Waals surface area (Å²) in [6.45, 7) is 7.74. The van der Waals surface area contributed by atoms with E-state index in [-0.39, 0.29) is 17.8 Å². The molecule has 5 fully saturated rings. The summed E-state index contributed by atoms with van der Waals surface area (Å²) < 4.78 is 23.2. The number of hydrogen-bond acceptors (Lipinski definition) is 8. The van der Waals surface area contributed by atoms with Gasteiger partial charge in [0.2, 0.25) is 11.9 Å². The van der Waals surface area contributed by atoms with Crippen LogP contribution in [0.2, 0.25) is 0 Å². The molecule has 1 N–H and O–H groups in total. The first-order valence-corrected chi connectivity index (χ1v) is 9.73. The molecule has 8 heteroatoms. The van der Waals surface area contributed by atoms with Gasteiger partial charge in [-0.15, -0.1) is 0 Å².